The van der Waals surface area contributed by atoms with Crippen LogP contribution in [0.3, 0.4) is 0 Å². The number of pyridine rings is 1. The number of benzene rings is 1. The molecular weight excluding hydrogens is 318 g/mol. The lowest BCUT2D eigenvalue weighted by Crippen LogP contribution is -2.03. The van der Waals surface area contributed by atoms with Gasteiger partial charge in [-0.05, 0) is 24.6 Å². The molecule has 1 aromatic carbocycles. The van der Waals surface area contributed by atoms with Crippen molar-refractivity contribution in [3.8, 4) is 40.0 Å². The van der Waals surface area contributed by atoms with Gasteiger partial charge in [-0.25, -0.2) is 4.98 Å². The van der Waals surface area contributed by atoms with Gasteiger partial charge >= 0.3 is 0 Å². The van der Waals surface area contributed by atoms with Crippen LogP contribution < -0.4 is 10.5 Å². The number of nitriles is 1. The molecule has 3 N–H and O–H groups in total. The zero-order valence-corrected chi connectivity index (χ0v) is 14.1. The van der Waals surface area contributed by atoms with E-state index in [4.69, 9.17) is 10.5 Å². The smallest absolute Gasteiger partial charge is 0.142 e. The average molecular weight is 335 g/mol. The zero-order chi connectivity index (χ0) is 18.1. The second-order valence-corrected chi connectivity index (χ2v) is 5.62. The largest absolute Gasteiger partial charge is 0.508 e. The molecule has 0 bridgehead atoms. The van der Waals surface area contributed by atoms with Crippen molar-refractivity contribution < 1.29 is 9.84 Å². The number of rotatable bonds is 3. The van der Waals surface area contributed by atoms with Gasteiger partial charge in [0.1, 0.15) is 28.9 Å². The number of methoxy groups -OCH3 is 1. The van der Waals surface area contributed by atoms with E-state index in [1.54, 1.807) is 23.0 Å². The fraction of sp³-hybridized carbons (Fsp3) is 0.167. The molecule has 0 saturated carbocycles. The number of nitrogens with two attached hydrogens (primary N) is 1. The number of ether oxygens (including phenoxy) is 1. The molecule has 0 aliphatic heterocycles. The summed E-state index contributed by atoms with van der Waals surface area (Å²) in [5, 5.41) is 23.5. The summed E-state index contributed by atoms with van der Waals surface area (Å²) in [6.45, 7) is 1.87. The predicted molar refractivity (Wildman–Crippen MR) is 94.0 cm³/mol. The summed E-state index contributed by atoms with van der Waals surface area (Å²) >= 11 is 0. The lowest BCUT2D eigenvalue weighted by atomic mass is 9.93. The van der Waals surface area contributed by atoms with E-state index in [0.717, 1.165) is 11.1 Å². The van der Waals surface area contributed by atoms with Crippen LogP contribution in [-0.4, -0.2) is 27.0 Å². The van der Waals surface area contributed by atoms with Gasteiger partial charge in [0.2, 0.25) is 0 Å². The van der Waals surface area contributed by atoms with E-state index in [9.17, 15) is 10.4 Å². The van der Waals surface area contributed by atoms with E-state index in [-0.39, 0.29) is 17.1 Å². The van der Waals surface area contributed by atoms with Gasteiger partial charge in [0.05, 0.1) is 19.0 Å². The van der Waals surface area contributed by atoms with Gasteiger partial charge in [0.25, 0.3) is 0 Å². The highest BCUT2D eigenvalue weighted by Crippen LogP contribution is 2.40. The number of nitrogen functional groups attached to an aromatic ring is 1. The predicted octanol–water partition coefficient (Wildman–Crippen LogP) is 2.63. The third kappa shape index (κ3) is 2.74. The van der Waals surface area contributed by atoms with Crippen molar-refractivity contribution in [1.29, 1.82) is 5.26 Å². The maximum atomic E-state index is 9.71. The van der Waals surface area contributed by atoms with Crippen LogP contribution >= 0.6 is 0 Å². The number of anilines is 1. The summed E-state index contributed by atoms with van der Waals surface area (Å²) in [5.74, 6) is 0.658. The normalized spacial score (nSPS) is 10.5. The Morgan fingerprint density at radius 2 is 2.12 bits per heavy atom. The van der Waals surface area contributed by atoms with Crippen molar-refractivity contribution in [3.63, 3.8) is 0 Å². The molecule has 0 atom stereocenters. The number of phenols is 1. The molecule has 3 rings (SSSR count). The van der Waals surface area contributed by atoms with Crippen LogP contribution in [-0.2, 0) is 7.05 Å². The van der Waals surface area contributed by atoms with Crippen LogP contribution in [0.25, 0.3) is 22.4 Å². The molecule has 0 amide bonds. The summed E-state index contributed by atoms with van der Waals surface area (Å²) in [4.78, 5) is 4.40. The zero-order valence-electron chi connectivity index (χ0n) is 14.1. The molecule has 3 aromatic rings. The Labute approximate surface area is 144 Å². The van der Waals surface area contributed by atoms with E-state index in [0.29, 0.717) is 22.6 Å². The summed E-state index contributed by atoms with van der Waals surface area (Å²) in [6.07, 6.45) is 3.53. The molecule has 2 heterocycles. The maximum absolute atomic E-state index is 9.71. The van der Waals surface area contributed by atoms with Crippen LogP contribution in [0, 0.1) is 18.3 Å². The minimum absolute atomic E-state index is 0.0753. The Kier molecular flexibility index (Phi) is 4.03. The lowest BCUT2D eigenvalue weighted by molar-refractivity contribution is 0.409. The van der Waals surface area contributed by atoms with Crippen molar-refractivity contribution in [2.75, 3.05) is 12.8 Å². The van der Waals surface area contributed by atoms with Gasteiger partial charge in [-0.15, -0.1) is 0 Å². The Bertz CT molecular complexity index is 1000. The molecule has 0 radical (unpaired) electrons. The summed E-state index contributed by atoms with van der Waals surface area (Å²) < 4.78 is 7.05. The quantitative estimate of drug-likeness (QED) is 0.761. The number of hydrogen-bond donors (Lipinski definition) is 2. The topological polar surface area (TPSA) is 110 Å². The van der Waals surface area contributed by atoms with Gasteiger partial charge in [-0.3, -0.25) is 4.68 Å². The molecule has 7 heteroatoms. The molecule has 0 saturated heterocycles. The molecule has 2 aromatic heterocycles. The Morgan fingerprint density at radius 3 is 2.72 bits per heavy atom. The molecule has 7 nitrogen and oxygen atoms in total. The molecule has 0 fully saturated rings. The van der Waals surface area contributed by atoms with Gasteiger partial charge < -0.3 is 15.6 Å². The minimum atomic E-state index is 0.0753. The molecule has 0 unspecified atom stereocenters. The van der Waals surface area contributed by atoms with Crippen molar-refractivity contribution >= 4 is 5.82 Å². The average Bonchev–Trinajstić information content (AvgIpc) is 3.02. The molecule has 0 aliphatic carbocycles. The van der Waals surface area contributed by atoms with Gasteiger partial charge in [-0.2, -0.15) is 10.4 Å². The van der Waals surface area contributed by atoms with E-state index in [2.05, 4.69) is 16.2 Å². The molecule has 126 valence electrons. The second-order valence-electron chi connectivity index (χ2n) is 5.62. The van der Waals surface area contributed by atoms with E-state index in [1.165, 1.54) is 13.2 Å². The SMILES string of the molecule is COc1cc(O)ccc1-c1c(C)c(-c2cnn(C)c2)nc(N)c1C#N. The highest BCUT2D eigenvalue weighted by Gasteiger charge is 2.21. The molecular formula is C18H17N5O2. The van der Waals surface area contributed by atoms with Crippen LogP contribution in [0.4, 0.5) is 5.82 Å². The van der Waals surface area contributed by atoms with Gasteiger partial charge in [-0.1, -0.05) is 0 Å². The van der Waals surface area contributed by atoms with Crippen molar-refractivity contribution in [2.45, 2.75) is 6.92 Å². The minimum Gasteiger partial charge on any atom is -0.508 e. The fourth-order valence-corrected chi connectivity index (χ4v) is 2.86. The van der Waals surface area contributed by atoms with E-state index >= 15 is 0 Å². The number of aromatic nitrogens is 3. The highest BCUT2D eigenvalue weighted by atomic mass is 16.5. The number of aromatic hydroxyl groups is 1. The van der Waals surface area contributed by atoms with E-state index in [1.807, 2.05) is 20.2 Å². The summed E-state index contributed by atoms with van der Waals surface area (Å²) in [5.41, 5.74) is 9.85. The number of nitrogens with zero attached hydrogens (tertiary/aromatic N) is 4. The van der Waals surface area contributed by atoms with E-state index < -0.39 is 0 Å². The number of phenolic OH excluding ortho intramolecular Hbond substituents is 1. The van der Waals surface area contributed by atoms with Crippen molar-refractivity contribution in [3.05, 3.63) is 41.7 Å². The number of hydrogen-bond acceptors (Lipinski definition) is 6. The van der Waals surface area contributed by atoms with Crippen LogP contribution in [0.5, 0.6) is 11.5 Å². The molecule has 25 heavy (non-hydrogen) atoms. The standard InChI is InChI=1S/C18H17N5O2/c1-10-16(13-5-4-12(24)6-15(13)25-3)14(7-19)18(20)22-17(10)11-8-21-23(2)9-11/h4-6,8-9,24H,1-3H3,(H2,20,22). The molecule has 0 aliphatic rings. The lowest BCUT2D eigenvalue weighted by Gasteiger charge is -2.16. The van der Waals surface area contributed by atoms with Crippen LogP contribution in [0.1, 0.15) is 11.1 Å². The Hall–Kier alpha value is -3.53. The summed E-state index contributed by atoms with van der Waals surface area (Å²) in [6, 6.07) is 6.86. The monoisotopic (exact) mass is 335 g/mol. The Morgan fingerprint density at radius 1 is 1.36 bits per heavy atom. The first-order chi connectivity index (χ1) is 12.0. The second kappa shape index (κ2) is 6.17. The van der Waals surface area contributed by atoms with Gasteiger partial charge in [0.15, 0.2) is 0 Å². The van der Waals surface area contributed by atoms with Crippen molar-refractivity contribution in [1.82, 2.24) is 14.8 Å². The fourth-order valence-electron chi connectivity index (χ4n) is 2.86. The van der Waals surface area contributed by atoms with Crippen LogP contribution in [0.15, 0.2) is 30.6 Å². The summed E-state index contributed by atoms with van der Waals surface area (Å²) in [7, 11) is 3.32. The first kappa shape index (κ1) is 16.3. The number of aryl methyl sites for hydroxylation is 1. The first-order valence-electron chi connectivity index (χ1n) is 7.52. The third-order valence-electron chi connectivity index (χ3n) is 4.01. The maximum Gasteiger partial charge on any atom is 0.142 e. The van der Waals surface area contributed by atoms with Crippen LogP contribution in [0.2, 0.25) is 0 Å². The molecule has 0 spiro atoms. The highest BCUT2D eigenvalue weighted by molar-refractivity contribution is 5.86. The van der Waals surface area contributed by atoms with Gasteiger partial charge in [0, 0.05) is 36.0 Å². The first-order valence-corrected chi connectivity index (χ1v) is 7.52. The Balaban J connectivity index is 2.36. The van der Waals surface area contributed by atoms with Crippen molar-refractivity contribution in [2.24, 2.45) is 7.05 Å². The third-order valence-corrected chi connectivity index (χ3v) is 4.01.